The summed E-state index contributed by atoms with van der Waals surface area (Å²) in [5.41, 5.74) is 10.5. The highest BCUT2D eigenvalue weighted by Gasteiger charge is 2.15. The first-order chi connectivity index (χ1) is 9.38. The molecule has 0 aliphatic rings. The van der Waals surface area contributed by atoms with Gasteiger partial charge in [-0.1, -0.05) is 51.1 Å². The molecule has 0 atom stereocenters. The Labute approximate surface area is 121 Å². The van der Waals surface area contributed by atoms with Crippen LogP contribution in [0.1, 0.15) is 37.5 Å². The van der Waals surface area contributed by atoms with E-state index in [1.165, 1.54) is 16.7 Å². The van der Waals surface area contributed by atoms with E-state index in [-0.39, 0.29) is 5.41 Å². The molecule has 0 amide bonds. The summed E-state index contributed by atoms with van der Waals surface area (Å²) < 4.78 is 5.85. The lowest BCUT2D eigenvalue weighted by molar-refractivity contribution is 0.307. The number of nitrogens with two attached hydrogens (primary N) is 1. The molecule has 0 aliphatic heterocycles. The van der Waals surface area contributed by atoms with Gasteiger partial charge in [-0.25, -0.2) is 0 Å². The summed E-state index contributed by atoms with van der Waals surface area (Å²) in [6.07, 6.45) is 0. The van der Waals surface area contributed by atoms with Crippen LogP contribution in [0.15, 0.2) is 42.5 Å². The van der Waals surface area contributed by atoms with Gasteiger partial charge < -0.3 is 10.5 Å². The quantitative estimate of drug-likeness (QED) is 0.835. The number of nitrogen functional groups attached to an aromatic ring is 1. The zero-order valence-corrected chi connectivity index (χ0v) is 12.7. The first kappa shape index (κ1) is 14.4. The van der Waals surface area contributed by atoms with Crippen LogP contribution in [0.4, 0.5) is 5.69 Å². The highest BCUT2D eigenvalue weighted by Crippen LogP contribution is 2.30. The maximum atomic E-state index is 6.10. The van der Waals surface area contributed by atoms with Crippen molar-refractivity contribution in [2.75, 3.05) is 5.73 Å². The molecule has 0 saturated carbocycles. The molecule has 106 valence electrons. The minimum Gasteiger partial charge on any atom is -0.487 e. The fourth-order valence-corrected chi connectivity index (χ4v) is 2.07. The van der Waals surface area contributed by atoms with Crippen molar-refractivity contribution in [3.8, 4) is 5.75 Å². The van der Waals surface area contributed by atoms with Gasteiger partial charge >= 0.3 is 0 Å². The predicted molar refractivity (Wildman–Crippen MR) is 85.1 cm³/mol. The first-order valence-electron chi connectivity index (χ1n) is 6.95. The second-order valence-corrected chi connectivity index (χ2v) is 6.22. The monoisotopic (exact) mass is 269 g/mol. The molecule has 20 heavy (non-hydrogen) atoms. The van der Waals surface area contributed by atoms with Crippen LogP contribution in [0.2, 0.25) is 0 Å². The molecular weight excluding hydrogens is 246 g/mol. The molecule has 2 rings (SSSR count). The molecule has 0 saturated heterocycles. The Balaban J connectivity index is 2.13. The van der Waals surface area contributed by atoms with Gasteiger partial charge in [0.25, 0.3) is 0 Å². The molecule has 0 radical (unpaired) electrons. The number of aryl methyl sites for hydroxylation is 1. The number of benzene rings is 2. The second-order valence-electron chi connectivity index (χ2n) is 6.22. The molecule has 2 N–H and O–H groups in total. The molecule has 0 aromatic heterocycles. The number of hydrogen-bond acceptors (Lipinski definition) is 2. The molecule has 2 aromatic carbocycles. The van der Waals surface area contributed by atoms with Crippen molar-refractivity contribution < 1.29 is 4.74 Å². The van der Waals surface area contributed by atoms with E-state index < -0.39 is 0 Å². The van der Waals surface area contributed by atoms with Gasteiger partial charge in [0.05, 0.1) is 5.69 Å². The van der Waals surface area contributed by atoms with Crippen molar-refractivity contribution in [3.05, 3.63) is 59.2 Å². The average Bonchev–Trinajstić information content (AvgIpc) is 2.38. The Hall–Kier alpha value is -1.96. The topological polar surface area (TPSA) is 35.2 Å². The van der Waals surface area contributed by atoms with Gasteiger partial charge in [-0.15, -0.1) is 0 Å². The number of ether oxygens (including phenoxy) is 1. The van der Waals surface area contributed by atoms with Crippen LogP contribution < -0.4 is 10.5 Å². The van der Waals surface area contributed by atoms with E-state index in [0.29, 0.717) is 12.3 Å². The van der Waals surface area contributed by atoms with E-state index in [9.17, 15) is 0 Å². The summed E-state index contributed by atoms with van der Waals surface area (Å²) in [5.74, 6) is 0.751. The largest absolute Gasteiger partial charge is 0.487 e. The zero-order valence-electron chi connectivity index (χ0n) is 12.7. The number of hydrogen-bond donors (Lipinski definition) is 1. The molecular formula is C18H23NO. The maximum absolute atomic E-state index is 6.10. The van der Waals surface area contributed by atoms with Crippen molar-refractivity contribution >= 4 is 5.69 Å². The van der Waals surface area contributed by atoms with Gasteiger partial charge in [0.1, 0.15) is 12.4 Å². The maximum Gasteiger partial charge on any atom is 0.142 e. The van der Waals surface area contributed by atoms with Crippen molar-refractivity contribution in [3.63, 3.8) is 0 Å². The normalized spacial score (nSPS) is 11.4. The summed E-state index contributed by atoms with van der Waals surface area (Å²) in [4.78, 5) is 0. The van der Waals surface area contributed by atoms with Gasteiger partial charge in [-0.3, -0.25) is 0 Å². The first-order valence-corrected chi connectivity index (χ1v) is 6.95. The molecule has 0 unspecified atom stereocenters. The summed E-state index contributed by atoms with van der Waals surface area (Å²) >= 11 is 0. The standard InChI is InChI=1S/C18H23NO/c1-13-7-5-6-8-14(13)12-20-17-10-9-15(11-16(17)19)18(2,3)4/h5-11H,12,19H2,1-4H3. The van der Waals surface area contributed by atoms with E-state index in [4.69, 9.17) is 10.5 Å². The van der Waals surface area contributed by atoms with Crippen molar-refractivity contribution in [2.24, 2.45) is 0 Å². The van der Waals surface area contributed by atoms with Crippen molar-refractivity contribution in [1.82, 2.24) is 0 Å². The SMILES string of the molecule is Cc1ccccc1COc1ccc(C(C)(C)C)cc1N. The van der Waals surface area contributed by atoms with E-state index >= 15 is 0 Å². The van der Waals surface area contributed by atoms with Crippen LogP contribution in [0.5, 0.6) is 5.75 Å². The Kier molecular flexibility index (Phi) is 4.03. The van der Waals surface area contributed by atoms with Crippen LogP contribution in [-0.4, -0.2) is 0 Å². The third kappa shape index (κ3) is 3.32. The average molecular weight is 269 g/mol. The molecule has 0 aliphatic carbocycles. The molecule has 0 fully saturated rings. The summed E-state index contributed by atoms with van der Waals surface area (Å²) in [6, 6.07) is 14.3. The van der Waals surface area contributed by atoms with Crippen LogP contribution in [0.25, 0.3) is 0 Å². The van der Waals surface area contributed by atoms with E-state index in [0.717, 1.165) is 5.75 Å². The Morgan fingerprint density at radius 3 is 2.35 bits per heavy atom. The Bertz CT molecular complexity index is 597. The van der Waals surface area contributed by atoms with Gasteiger partial charge in [0.2, 0.25) is 0 Å². The summed E-state index contributed by atoms with van der Waals surface area (Å²) in [5, 5.41) is 0. The molecule has 0 spiro atoms. The summed E-state index contributed by atoms with van der Waals surface area (Å²) in [6.45, 7) is 9.16. The van der Waals surface area contributed by atoms with Crippen molar-refractivity contribution in [2.45, 2.75) is 39.7 Å². The fourth-order valence-electron chi connectivity index (χ4n) is 2.07. The molecule has 2 heteroatoms. The van der Waals surface area contributed by atoms with Gasteiger partial charge in [0, 0.05) is 0 Å². The minimum atomic E-state index is 0.0999. The highest BCUT2D eigenvalue weighted by molar-refractivity contribution is 5.55. The Morgan fingerprint density at radius 1 is 1.05 bits per heavy atom. The highest BCUT2D eigenvalue weighted by atomic mass is 16.5. The zero-order chi connectivity index (χ0) is 14.8. The van der Waals surface area contributed by atoms with Crippen molar-refractivity contribution in [1.29, 1.82) is 0 Å². The van der Waals surface area contributed by atoms with E-state index in [2.05, 4.69) is 45.9 Å². The Morgan fingerprint density at radius 2 is 1.75 bits per heavy atom. The third-order valence-corrected chi connectivity index (χ3v) is 3.52. The predicted octanol–water partition coefficient (Wildman–Crippen LogP) is 4.45. The van der Waals surface area contributed by atoms with Crippen LogP contribution in [0.3, 0.4) is 0 Å². The van der Waals surface area contributed by atoms with Gasteiger partial charge in [-0.2, -0.15) is 0 Å². The van der Waals surface area contributed by atoms with Crippen LogP contribution >= 0.6 is 0 Å². The van der Waals surface area contributed by atoms with Gasteiger partial charge in [-0.05, 0) is 41.2 Å². The smallest absolute Gasteiger partial charge is 0.142 e. The van der Waals surface area contributed by atoms with Crippen LogP contribution in [-0.2, 0) is 12.0 Å². The third-order valence-electron chi connectivity index (χ3n) is 3.52. The van der Waals surface area contributed by atoms with E-state index in [1.54, 1.807) is 0 Å². The second kappa shape index (κ2) is 5.58. The molecule has 2 nitrogen and oxygen atoms in total. The number of rotatable bonds is 3. The van der Waals surface area contributed by atoms with Gasteiger partial charge in [0.15, 0.2) is 0 Å². The summed E-state index contributed by atoms with van der Waals surface area (Å²) in [7, 11) is 0. The lowest BCUT2D eigenvalue weighted by atomic mass is 9.87. The molecule has 2 aromatic rings. The minimum absolute atomic E-state index is 0.0999. The number of anilines is 1. The lowest BCUT2D eigenvalue weighted by Crippen LogP contribution is -2.11. The molecule has 0 heterocycles. The van der Waals surface area contributed by atoms with E-state index in [1.807, 2.05) is 24.3 Å². The molecule has 0 bridgehead atoms. The fraction of sp³-hybridized carbons (Fsp3) is 0.333. The van der Waals surface area contributed by atoms with Crippen LogP contribution in [0, 0.1) is 6.92 Å². The lowest BCUT2D eigenvalue weighted by Gasteiger charge is -2.20.